The molecule has 0 aliphatic carbocycles. The molecule has 108 valence electrons. The third-order valence-electron chi connectivity index (χ3n) is 3.12. The van der Waals surface area contributed by atoms with Crippen LogP contribution in [0, 0.1) is 0 Å². The molecular weight excluding hydrogens is 334 g/mol. The summed E-state index contributed by atoms with van der Waals surface area (Å²) in [6.45, 7) is 0.473. The summed E-state index contributed by atoms with van der Waals surface area (Å²) in [7, 11) is 3.67. The molecule has 0 aliphatic rings. The maximum Gasteiger partial charge on any atom is 0.167 e. The first-order chi connectivity index (χ1) is 10.2. The van der Waals surface area contributed by atoms with Gasteiger partial charge in [0.2, 0.25) is 0 Å². The summed E-state index contributed by atoms with van der Waals surface area (Å²) in [4.78, 5) is 14.3. The number of hydrogen-bond acceptors (Lipinski definition) is 5. The Bertz CT molecular complexity index is 759. The summed E-state index contributed by atoms with van der Waals surface area (Å²) in [5.74, 6) is 0.677. The zero-order chi connectivity index (χ0) is 14.8. The number of fused-ring (bicyclic) bond motifs is 1. The van der Waals surface area contributed by atoms with Crippen molar-refractivity contribution in [3.63, 3.8) is 0 Å². The Kier molecular flexibility index (Phi) is 3.85. The van der Waals surface area contributed by atoms with Crippen molar-refractivity contribution < 1.29 is 4.84 Å². The van der Waals surface area contributed by atoms with E-state index in [1.54, 1.807) is 9.75 Å². The molecule has 0 spiro atoms. The van der Waals surface area contributed by atoms with Crippen molar-refractivity contribution in [2.45, 2.75) is 6.61 Å². The molecule has 0 N–H and O–H groups in total. The summed E-state index contributed by atoms with van der Waals surface area (Å²) >= 11 is 3.44. The van der Waals surface area contributed by atoms with Crippen LogP contribution in [0.15, 0.2) is 41.3 Å². The maximum absolute atomic E-state index is 5.77. The van der Waals surface area contributed by atoms with Crippen LogP contribution in [0.1, 0.15) is 5.56 Å². The molecule has 1 aromatic carbocycles. The van der Waals surface area contributed by atoms with E-state index >= 15 is 0 Å². The molecule has 0 saturated carbocycles. The van der Waals surface area contributed by atoms with E-state index in [2.05, 4.69) is 31.0 Å². The van der Waals surface area contributed by atoms with Gasteiger partial charge in [0.05, 0.1) is 12.0 Å². The average molecular weight is 348 g/mol. The molecule has 3 rings (SSSR count). The smallest absolute Gasteiger partial charge is 0.167 e. The highest BCUT2D eigenvalue weighted by Gasteiger charge is 2.16. The van der Waals surface area contributed by atoms with Crippen molar-refractivity contribution in [2.75, 3.05) is 12.1 Å². The van der Waals surface area contributed by atoms with Gasteiger partial charge in [-0.3, -0.25) is 4.84 Å². The Hall–Kier alpha value is -1.99. The highest BCUT2D eigenvalue weighted by molar-refractivity contribution is 9.10. The number of halogens is 1. The normalized spacial score (nSPS) is 11.0. The summed E-state index contributed by atoms with van der Waals surface area (Å²) < 4.78 is 2.40. The van der Waals surface area contributed by atoms with Gasteiger partial charge < -0.3 is 0 Å². The maximum atomic E-state index is 5.77. The first-order valence-corrected chi connectivity index (χ1v) is 7.20. The second-order valence-electron chi connectivity index (χ2n) is 4.57. The highest BCUT2D eigenvalue weighted by atomic mass is 79.9. The first-order valence-electron chi connectivity index (χ1n) is 6.40. The molecule has 7 heteroatoms. The standard InChI is InChI=1S/C14H14BrN5O/c1-19-13-11(12(15)18-19)14(17-9-16-13)20(2)21-8-10-6-4-3-5-7-10/h3-7,9H,8H2,1-2H3. The Morgan fingerprint density at radius 3 is 2.76 bits per heavy atom. The van der Waals surface area contributed by atoms with E-state index in [0.717, 1.165) is 16.6 Å². The average Bonchev–Trinajstić information content (AvgIpc) is 2.81. The molecule has 0 unspecified atom stereocenters. The molecule has 6 nitrogen and oxygen atoms in total. The van der Waals surface area contributed by atoms with Crippen LogP contribution in [0.4, 0.5) is 5.82 Å². The Balaban J connectivity index is 1.86. The van der Waals surface area contributed by atoms with E-state index in [4.69, 9.17) is 4.84 Å². The zero-order valence-electron chi connectivity index (χ0n) is 11.7. The van der Waals surface area contributed by atoms with Gasteiger partial charge in [0.15, 0.2) is 11.5 Å². The van der Waals surface area contributed by atoms with Crippen LogP contribution in [-0.2, 0) is 18.5 Å². The second-order valence-corrected chi connectivity index (χ2v) is 5.32. The monoisotopic (exact) mass is 347 g/mol. The molecule has 0 amide bonds. The number of benzene rings is 1. The predicted molar refractivity (Wildman–Crippen MR) is 83.6 cm³/mol. The van der Waals surface area contributed by atoms with Gasteiger partial charge in [-0.1, -0.05) is 30.3 Å². The lowest BCUT2D eigenvalue weighted by atomic mass is 10.2. The Morgan fingerprint density at radius 1 is 1.24 bits per heavy atom. The van der Waals surface area contributed by atoms with Crippen molar-refractivity contribution in [1.29, 1.82) is 0 Å². The van der Waals surface area contributed by atoms with E-state index in [1.807, 2.05) is 44.4 Å². The van der Waals surface area contributed by atoms with Crippen LogP contribution in [0.5, 0.6) is 0 Å². The van der Waals surface area contributed by atoms with Gasteiger partial charge in [-0.15, -0.1) is 0 Å². The van der Waals surface area contributed by atoms with Crippen molar-refractivity contribution in [1.82, 2.24) is 19.7 Å². The number of rotatable bonds is 4. The fourth-order valence-corrected chi connectivity index (χ4v) is 2.66. The molecule has 0 saturated heterocycles. The van der Waals surface area contributed by atoms with Crippen molar-refractivity contribution in [3.8, 4) is 0 Å². The third-order valence-corrected chi connectivity index (χ3v) is 3.68. The van der Waals surface area contributed by atoms with Crippen molar-refractivity contribution >= 4 is 32.8 Å². The molecule has 0 fully saturated rings. The largest absolute Gasteiger partial charge is 0.267 e. The quantitative estimate of drug-likeness (QED) is 0.679. The van der Waals surface area contributed by atoms with Gasteiger partial charge in [-0.25, -0.2) is 19.7 Å². The second kappa shape index (κ2) is 5.79. The van der Waals surface area contributed by atoms with Gasteiger partial charge in [-0.2, -0.15) is 5.10 Å². The lowest BCUT2D eigenvalue weighted by Crippen LogP contribution is -2.19. The molecule has 3 aromatic rings. The molecule has 2 aromatic heterocycles. The lowest BCUT2D eigenvalue weighted by Gasteiger charge is -2.18. The van der Waals surface area contributed by atoms with E-state index in [1.165, 1.54) is 6.33 Å². The summed E-state index contributed by atoms with van der Waals surface area (Å²) in [5, 5.41) is 6.77. The molecule has 0 radical (unpaired) electrons. The minimum atomic E-state index is 0.473. The van der Waals surface area contributed by atoms with E-state index in [9.17, 15) is 0 Å². The van der Waals surface area contributed by atoms with Crippen LogP contribution in [0.3, 0.4) is 0 Å². The van der Waals surface area contributed by atoms with Gasteiger partial charge in [0.25, 0.3) is 0 Å². The summed E-state index contributed by atoms with van der Waals surface area (Å²) in [6, 6.07) is 9.99. The van der Waals surface area contributed by atoms with Gasteiger partial charge in [0.1, 0.15) is 10.9 Å². The van der Waals surface area contributed by atoms with Gasteiger partial charge in [0, 0.05) is 14.1 Å². The van der Waals surface area contributed by atoms with Gasteiger partial charge in [-0.05, 0) is 21.5 Å². The van der Waals surface area contributed by atoms with Crippen molar-refractivity contribution in [2.24, 2.45) is 7.05 Å². The molecule has 0 bridgehead atoms. The third kappa shape index (κ3) is 2.74. The molecular formula is C14H14BrN5O. The van der Waals surface area contributed by atoms with Crippen LogP contribution < -0.4 is 5.06 Å². The molecule has 0 aliphatic heterocycles. The zero-order valence-corrected chi connectivity index (χ0v) is 13.3. The minimum Gasteiger partial charge on any atom is -0.267 e. The van der Waals surface area contributed by atoms with E-state index in [-0.39, 0.29) is 0 Å². The number of aryl methyl sites for hydroxylation is 1. The number of aromatic nitrogens is 4. The predicted octanol–water partition coefficient (Wildman–Crippen LogP) is 2.69. The summed E-state index contributed by atoms with van der Waals surface area (Å²) in [5.41, 5.74) is 1.85. The Labute approximate surface area is 130 Å². The van der Waals surface area contributed by atoms with E-state index in [0.29, 0.717) is 17.0 Å². The minimum absolute atomic E-state index is 0.473. The van der Waals surface area contributed by atoms with Crippen LogP contribution in [0.25, 0.3) is 11.0 Å². The molecule has 21 heavy (non-hydrogen) atoms. The number of nitrogens with zero attached hydrogens (tertiary/aromatic N) is 5. The van der Waals surface area contributed by atoms with Crippen LogP contribution >= 0.6 is 15.9 Å². The number of hydrogen-bond donors (Lipinski definition) is 0. The molecule has 2 heterocycles. The topological polar surface area (TPSA) is 56.1 Å². The lowest BCUT2D eigenvalue weighted by molar-refractivity contribution is 0.107. The van der Waals surface area contributed by atoms with E-state index < -0.39 is 0 Å². The first kappa shape index (κ1) is 14.0. The Morgan fingerprint density at radius 2 is 2.00 bits per heavy atom. The van der Waals surface area contributed by atoms with Crippen LogP contribution in [0.2, 0.25) is 0 Å². The summed E-state index contributed by atoms with van der Waals surface area (Å²) in [6.07, 6.45) is 1.51. The van der Waals surface area contributed by atoms with Crippen LogP contribution in [-0.4, -0.2) is 26.8 Å². The molecule has 0 atom stereocenters. The van der Waals surface area contributed by atoms with Crippen molar-refractivity contribution in [3.05, 3.63) is 46.8 Å². The fourth-order valence-electron chi connectivity index (χ4n) is 2.07. The SMILES string of the molecule is CN(OCc1ccccc1)c1ncnc2c1c(Br)nn2C. The highest BCUT2D eigenvalue weighted by Crippen LogP contribution is 2.29. The fraction of sp³-hybridized carbons (Fsp3) is 0.214. The van der Waals surface area contributed by atoms with Gasteiger partial charge >= 0.3 is 0 Å². The number of hydroxylamine groups is 1. The number of anilines is 1.